The molecule has 0 saturated carbocycles. The quantitative estimate of drug-likeness (QED) is 0.805. The van der Waals surface area contributed by atoms with Crippen LogP contribution in [0.1, 0.15) is 43.9 Å². The molecule has 1 atom stereocenters. The first-order valence-corrected chi connectivity index (χ1v) is 5.54. The maximum atomic E-state index is 13.7. The molecular weight excluding hydrogens is 191 g/mol. The zero-order valence-electron chi connectivity index (χ0n) is 9.63. The molecule has 0 bridgehead atoms. The van der Waals surface area contributed by atoms with Crippen molar-refractivity contribution in [3.8, 4) is 0 Å². The number of benzene rings is 1. The SMILES string of the molecule is CCC(CC)C(O)c1cccc(C)c1F. The van der Waals surface area contributed by atoms with Crippen molar-refractivity contribution in [3.63, 3.8) is 0 Å². The van der Waals surface area contributed by atoms with E-state index in [0.29, 0.717) is 11.1 Å². The largest absolute Gasteiger partial charge is 0.388 e. The van der Waals surface area contributed by atoms with E-state index in [4.69, 9.17) is 0 Å². The van der Waals surface area contributed by atoms with Crippen LogP contribution in [0.5, 0.6) is 0 Å². The van der Waals surface area contributed by atoms with Crippen molar-refractivity contribution in [2.75, 3.05) is 0 Å². The van der Waals surface area contributed by atoms with Crippen molar-refractivity contribution >= 4 is 0 Å². The normalized spacial score (nSPS) is 13.2. The van der Waals surface area contributed by atoms with E-state index in [0.717, 1.165) is 12.8 Å². The Morgan fingerprint density at radius 2 is 1.87 bits per heavy atom. The van der Waals surface area contributed by atoms with Crippen LogP contribution in [-0.4, -0.2) is 5.11 Å². The third-order valence-electron chi connectivity index (χ3n) is 3.04. The Balaban J connectivity index is 2.99. The van der Waals surface area contributed by atoms with Gasteiger partial charge in [0.25, 0.3) is 0 Å². The number of aliphatic hydroxyl groups is 1. The number of halogens is 1. The van der Waals surface area contributed by atoms with Crippen LogP contribution in [-0.2, 0) is 0 Å². The minimum absolute atomic E-state index is 0.140. The standard InChI is InChI=1S/C13H19FO/c1-4-10(5-2)13(15)11-8-6-7-9(3)12(11)14/h6-8,10,13,15H,4-5H2,1-3H3. The summed E-state index contributed by atoms with van der Waals surface area (Å²) >= 11 is 0. The summed E-state index contributed by atoms with van der Waals surface area (Å²) in [4.78, 5) is 0. The predicted octanol–water partition coefficient (Wildman–Crippen LogP) is 3.60. The van der Waals surface area contributed by atoms with Crippen LogP contribution in [0.4, 0.5) is 4.39 Å². The molecule has 1 aromatic rings. The lowest BCUT2D eigenvalue weighted by Gasteiger charge is -2.21. The number of hydrogen-bond donors (Lipinski definition) is 1. The van der Waals surface area contributed by atoms with Crippen LogP contribution in [0.3, 0.4) is 0 Å². The summed E-state index contributed by atoms with van der Waals surface area (Å²) in [6.07, 6.45) is 1.05. The van der Waals surface area contributed by atoms with Gasteiger partial charge in [-0.15, -0.1) is 0 Å². The van der Waals surface area contributed by atoms with E-state index < -0.39 is 6.10 Å². The van der Waals surface area contributed by atoms with Crippen molar-refractivity contribution in [2.45, 2.75) is 39.7 Å². The maximum Gasteiger partial charge on any atom is 0.131 e. The van der Waals surface area contributed by atoms with Crippen LogP contribution >= 0.6 is 0 Å². The molecule has 0 amide bonds. The van der Waals surface area contributed by atoms with Gasteiger partial charge in [0.2, 0.25) is 0 Å². The minimum Gasteiger partial charge on any atom is -0.388 e. The summed E-state index contributed by atoms with van der Waals surface area (Å²) in [5.41, 5.74) is 1.03. The second-order valence-electron chi connectivity index (χ2n) is 4.00. The summed E-state index contributed by atoms with van der Waals surface area (Å²) in [5.74, 6) is -0.127. The van der Waals surface area contributed by atoms with Crippen LogP contribution < -0.4 is 0 Å². The van der Waals surface area contributed by atoms with Gasteiger partial charge in [-0.25, -0.2) is 4.39 Å². The lowest BCUT2D eigenvalue weighted by molar-refractivity contribution is 0.0994. The Kier molecular flexibility index (Phi) is 4.28. The van der Waals surface area contributed by atoms with E-state index in [-0.39, 0.29) is 11.7 Å². The number of aliphatic hydroxyl groups excluding tert-OH is 1. The highest BCUT2D eigenvalue weighted by Crippen LogP contribution is 2.29. The Morgan fingerprint density at radius 3 is 2.40 bits per heavy atom. The monoisotopic (exact) mass is 210 g/mol. The molecule has 2 heteroatoms. The van der Waals surface area contributed by atoms with E-state index in [2.05, 4.69) is 0 Å². The topological polar surface area (TPSA) is 20.2 Å². The van der Waals surface area contributed by atoms with Crippen molar-refractivity contribution in [1.82, 2.24) is 0 Å². The highest BCUT2D eigenvalue weighted by atomic mass is 19.1. The molecular formula is C13H19FO. The molecule has 1 aromatic carbocycles. The second-order valence-corrected chi connectivity index (χ2v) is 4.00. The fourth-order valence-corrected chi connectivity index (χ4v) is 1.89. The zero-order chi connectivity index (χ0) is 11.4. The first-order chi connectivity index (χ1) is 7.11. The van der Waals surface area contributed by atoms with E-state index >= 15 is 0 Å². The maximum absolute atomic E-state index is 13.7. The molecule has 84 valence electrons. The summed E-state index contributed by atoms with van der Waals surface area (Å²) in [7, 11) is 0. The van der Waals surface area contributed by atoms with Crippen LogP contribution in [0.2, 0.25) is 0 Å². The molecule has 0 fully saturated rings. The molecule has 0 spiro atoms. The van der Waals surface area contributed by atoms with Gasteiger partial charge >= 0.3 is 0 Å². The van der Waals surface area contributed by atoms with Crippen molar-refractivity contribution in [3.05, 3.63) is 35.1 Å². The predicted molar refractivity (Wildman–Crippen MR) is 60.2 cm³/mol. The molecule has 15 heavy (non-hydrogen) atoms. The molecule has 0 heterocycles. The van der Waals surface area contributed by atoms with E-state index in [1.807, 2.05) is 13.8 Å². The number of aryl methyl sites for hydroxylation is 1. The summed E-state index contributed by atoms with van der Waals surface area (Å²) < 4.78 is 13.7. The Bertz CT molecular complexity index is 318. The van der Waals surface area contributed by atoms with E-state index in [1.165, 1.54) is 0 Å². The number of hydrogen-bond acceptors (Lipinski definition) is 1. The fourth-order valence-electron chi connectivity index (χ4n) is 1.89. The highest BCUT2D eigenvalue weighted by Gasteiger charge is 2.21. The number of rotatable bonds is 4. The smallest absolute Gasteiger partial charge is 0.131 e. The molecule has 0 aliphatic rings. The summed E-state index contributed by atoms with van der Waals surface area (Å²) in [6, 6.07) is 5.18. The lowest BCUT2D eigenvalue weighted by Crippen LogP contribution is -2.13. The Labute approximate surface area is 90.9 Å². The van der Waals surface area contributed by atoms with Gasteiger partial charge in [-0.3, -0.25) is 0 Å². The van der Waals surface area contributed by atoms with Gasteiger partial charge in [-0.2, -0.15) is 0 Å². The average Bonchev–Trinajstić information content (AvgIpc) is 2.23. The van der Waals surface area contributed by atoms with Gasteiger partial charge in [-0.1, -0.05) is 44.9 Å². The third kappa shape index (κ3) is 2.57. The fraction of sp³-hybridized carbons (Fsp3) is 0.538. The highest BCUT2D eigenvalue weighted by molar-refractivity contribution is 5.27. The van der Waals surface area contributed by atoms with Gasteiger partial charge in [0, 0.05) is 5.56 Å². The van der Waals surface area contributed by atoms with Gasteiger partial charge in [0.05, 0.1) is 6.10 Å². The van der Waals surface area contributed by atoms with Crippen molar-refractivity contribution in [1.29, 1.82) is 0 Å². The van der Waals surface area contributed by atoms with E-state index in [1.54, 1.807) is 25.1 Å². The molecule has 1 unspecified atom stereocenters. The molecule has 0 radical (unpaired) electrons. The van der Waals surface area contributed by atoms with Gasteiger partial charge in [0.1, 0.15) is 5.82 Å². The summed E-state index contributed by atoms with van der Waals surface area (Å²) in [5, 5.41) is 10.0. The van der Waals surface area contributed by atoms with Gasteiger partial charge < -0.3 is 5.11 Å². The van der Waals surface area contributed by atoms with Crippen LogP contribution in [0.25, 0.3) is 0 Å². The van der Waals surface area contributed by atoms with E-state index in [9.17, 15) is 9.50 Å². The molecule has 0 aliphatic heterocycles. The first kappa shape index (κ1) is 12.2. The average molecular weight is 210 g/mol. The van der Waals surface area contributed by atoms with Crippen LogP contribution in [0, 0.1) is 18.7 Å². The summed E-state index contributed by atoms with van der Waals surface area (Å²) in [6.45, 7) is 5.76. The molecule has 1 nitrogen and oxygen atoms in total. The minimum atomic E-state index is -0.681. The van der Waals surface area contributed by atoms with Crippen LogP contribution in [0.15, 0.2) is 18.2 Å². The van der Waals surface area contributed by atoms with Crippen molar-refractivity contribution in [2.24, 2.45) is 5.92 Å². The second kappa shape index (κ2) is 5.26. The van der Waals surface area contributed by atoms with Gasteiger partial charge in [0.15, 0.2) is 0 Å². The Morgan fingerprint density at radius 1 is 1.27 bits per heavy atom. The first-order valence-electron chi connectivity index (χ1n) is 5.54. The molecule has 1 rings (SSSR count). The van der Waals surface area contributed by atoms with Crippen molar-refractivity contribution < 1.29 is 9.50 Å². The molecule has 0 saturated heterocycles. The molecule has 1 N–H and O–H groups in total. The molecule has 0 aromatic heterocycles. The Hall–Kier alpha value is -0.890. The van der Waals surface area contributed by atoms with Gasteiger partial charge in [-0.05, 0) is 18.4 Å². The molecule has 0 aliphatic carbocycles. The third-order valence-corrected chi connectivity index (χ3v) is 3.04. The zero-order valence-corrected chi connectivity index (χ0v) is 9.63. The lowest BCUT2D eigenvalue weighted by atomic mass is 9.90.